The number of hydrogen-bond acceptors (Lipinski definition) is 4. The van der Waals surface area contributed by atoms with Crippen LogP contribution in [0.3, 0.4) is 0 Å². The predicted molar refractivity (Wildman–Crippen MR) is 144 cm³/mol. The normalized spacial score (nSPS) is 14.6. The number of methoxy groups -OCH3 is 1. The highest BCUT2D eigenvalue weighted by molar-refractivity contribution is 5.98. The summed E-state index contributed by atoms with van der Waals surface area (Å²) >= 11 is 0. The maximum absolute atomic E-state index is 12.5. The van der Waals surface area contributed by atoms with E-state index in [1.54, 1.807) is 0 Å². The number of nitrogens with one attached hydrogen (secondary N) is 1. The van der Waals surface area contributed by atoms with Gasteiger partial charge in [0, 0.05) is 13.1 Å². The van der Waals surface area contributed by atoms with Crippen LogP contribution in [0.5, 0.6) is 5.75 Å². The quantitative estimate of drug-likeness (QED) is 0.305. The van der Waals surface area contributed by atoms with E-state index in [0.717, 1.165) is 53.9 Å². The van der Waals surface area contributed by atoms with Crippen molar-refractivity contribution in [2.75, 3.05) is 13.7 Å². The molecule has 182 valence electrons. The maximum Gasteiger partial charge on any atom is 0.338 e. The van der Waals surface area contributed by atoms with Gasteiger partial charge in [0.2, 0.25) is 0 Å². The molecule has 0 bridgehead atoms. The summed E-state index contributed by atoms with van der Waals surface area (Å²) in [6, 6.07) is 31.0. The van der Waals surface area contributed by atoms with E-state index in [2.05, 4.69) is 72.9 Å². The number of fused-ring (bicyclic) bond motifs is 1. The highest BCUT2D eigenvalue weighted by Crippen LogP contribution is 2.35. The van der Waals surface area contributed by atoms with Crippen LogP contribution in [-0.4, -0.2) is 25.7 Å². The number of benzene rings is 4. The molecule has 36 heavy (non-hydrogen) atoms. The molecular formula is C32H31NO3. The number of rotatable bonds is 7. The Hall–Kier alpha value is -3.89. The van der Waals surface area contributed by atoms with Crippen LogP contribution < -0.4 is 10.1 Å². The lowest BCUT2D eigenvalue weighted by Gasteiger charge is -2.27. The molecule has 0 unspecified atom stereocenters. The summed E-state index contributed by atoms with van der Waals surface area (Å²) in [7, 11) is 1.42. The molecule has 1 atom stereocenters. The van der Waals surface area contributed by atoms with E-state index in [0.29, 0.717) is 5.56 Å². The Morgan fingerprint density at radius 3 is 2.42 bits per heavy atom. The van der Waals surface area contributed by atoms with Crippen LogP contribution in [0.2, 0.25) is 0 Å². The smallest absolute Gasteiger partial charge is 0.338 e. The van der Waals surface area contributed by atoms with Crippen LogP contribution in [0.1, 0.15) is 33.5 Å². The molecule has 0 radical (unpaired) electrons. The van der Waals surface area contributed by atoms with Gasteiger partial charge in [-0.25, -0.2) is 4.79 Å². The number of carbonyl (C=O) groups excluding carboxylic acids is 1. The number of hydrogen-bond donors (Lipinski definition) is 1. The van der Waals surface area contributed by atoms with E-state index in [9.17, 15) is 4.79 Å². The van der Waals surface area contributed by atoms with Crippen molar-refractivity contribution >= 4 is 5.97 Å². The van der Waals surface area contributed by atoms with Crippen LogP contribution in [0.4, 0.5) is 0 Å². The summed E-state index contributed by atoms with van der Waals surface area (Å²) in [6.45, 7) is 3.73. The van der Waals surface area contributed by atoms with Crippen LogP contribution in [0.25, 0.3) is 22.3 Å². The van der Waals surface area contributed by atoms with Crippen LogP contribution in [-0.2, 0) is 17.7 Å². The molecule has 0 saturated carbocycles. The average molecular weight is 478 g/mol. The zero-order chi connectivity index (χ0) is 24.9. The lowest BCUT2D eigenvalue weighted by Crippen LogP contribution is -2.33. The molecule has 4 nitrogen and oxygen atoms in total. The van der Waals surface area contributed by atoms with Crippen LogP contribution in [0.15, 0.2) is 91.0 Å². The fourth-order valence-electron chi connectivity index (χ4n) is 4.73. The highest BCUT2D eigenvalue weighted by atomic mass is 16.5. The molecule has 1 N–H and O–H groups in total. The molecule has 0 aromatic heterocycles. The van der Waals surface area contributed by atoms with Crippen molar-refractivity contribution in [1.82, 2.24) is 5.32 Å². The van der Waals surface area contributed by atoms with E-state index >= 15 is 0 Å². The van der Waals surface area contributed by atoms with Gasteiger partial charge in [-0.05, 0) is 77.4 Å². The van der Waals surface area contributed by atoms with Crippen molar-refractivity contribution in [3.05, 3.63) is 113 Å². The lowest BCUT2D eigenvalue weighted by molar-refractivity contribution is 0.0601. The molecule has 4 aromatic carbocycles. The minimum absolute atomic E-state index is 0.166. The highest BCUT2D eigenvalue weighted by Gasteiger charge is 2.21. The summed E-state index contributed by atoms with van der Waals surface area (Å²) in [5, 5.41) is 3.52. The predicted octanol–water partition coefficient (Wildman–Crippen LogP) is 6.60. The summed E-state index contributed by atoms with van der Waals surface area (Å²) < 4.78 is 11.4. The van der Waals surface area contributed by atoms with Crippen molar-refractivity contribution in [3.63, 3.8) is 0 Å². The van der Waals surface area contributed by atoms with Gasteiger partial charge in [0.15, 0.2) is 0 Å². The Morgan fingerprint density at radius 2 is 1.64 bits per heavy atom. The molecule has 1 aliphatic heterocycles. The zero-order valence-electron chi connectivity index (χ0n) is 20.8. The summed E-state index contributed by atoms with van der Waals surface area (Å²) in [5.74, 6) is 0.629. The number of aryl methyl sites for hydroxylation is 2. The third-order valence-electron chi connectivity index (χ3n) is 6.75. The summed E-state index contributed by atoms with van der Waals surface area (Å²) in [4.78, 5) is 12.5. The Kier molecular flexibility index (Phi) is 7.15. The molecule has 0 aliphatic carbocycles. The Bertz CT molecular complexity index is 1350. The molecule has 4 aromatic rings. The van der Waals surface area contributed by atoms with Crippen molar-refractivity contribution < 1.29 is 14.3 Å². The lowest BCUT2D eigenvalue weighted by atomic mass is 9.92. The van der Waals surface area contributed by atoms with Gasteiger partial charge in [-0.1, -0.05) is 72.3 Å². The van der Waals surface area contributed by atoms with Crippen LogP contribution in [0, 0.1) is 6.92 Å². The minimum Gasteiger partial charge on any atom is -0.489 e. The van der Waals surface area contributed by atoms with E-state index in [1.807, 2.05) is 30.3 Å². The van der Waals surface area contributed by atoms with Crippen molar-refractivity contribution in [3.8, 4) is 28.0 Å². The van der Waals surface area contributed by atoms with Crippen molar-refractivity contribution in [2.45, 2.75) is 32.4 Å². The molecule has 5 rings (SSSR count). The van der Waals surface area contributed by atoms with Gasteiger partial charge in [-0.2, -0.15) is 0 Å². The van der Waals surface area contributed by atoms with Gasteiger partial charge in [0.25, 0.3) is 0 Å². The van der Waals surface area contributed by atoms with Crippen molar-refractivity contribution in [1.29, 1.82) is 0 Å². The van der Waals surface area contributed by atoms with Gasteiger partial charge in [-0.15, -0.1) is 0 Å². The largest absolute Gasteiger partial charge is 0.489 e. The van der Waals surface area contributed by atoms with E-state index in [1.165, 1.54) is 23.8 Å². The zero-order valence-corrected chi connectivity index (χ0v) is 20.8. The maximum atomic E-state index is 12.5. The Labute approximate surface area is 212 Å². The molecule has 0 saturated heterocycles. The first-order valence-corrected chi connectivity index (χ1v) is 12.4. The monoisotopic (exact) mass is 477 g/mol. The van der Waals surface area contributed by atoms with Gasteiger partial charge >= 0.3 is 5.97 Å². The molecular weight excluding hydrogens is 446 g/mol. The molecule has 4 heteroatoms. The number of ether oxygens (including phenoxy) is 2. The van der Waals surface area contributed by atoms with E-state index < -0.39 is 0 Å². The fourth-order valence-corrected chi connectivity index (χ4v) is 4.73. The van der Waals surface area contributed by atoms with Gasteiger partial charge < -0.3 is 14.8 Å². The number of carbonyl (C=O) groups is 1. The van der Waals surface area contributed by atoms with Gasteiger partial charge in [0.05, 0.1) is 12.7 Å². The van der Waals surface area contributed by atoms with Gasteiger partial charge in [0.1, 0.15) is 11.9 Å². The third kappa shape index (κ3) is 5.34. The first-order valence-electron chi connectivity index (χ1n) is 12.4. The minimum atomic E-state index is -0.331. The van der Waals surface area contributed by atoms with Gasteiger partial charge in [-0.3, -0.25) is 0 Å². The fraction of sp³-hybridized carbons (Fsp3) is 0.219. The summed E-state index contributed by atoms with van der Waals surface area (Å²) in [5.41, 5.74) is 8.29. The van der Waals surface area contributed by atoms with Crippen LogP contribution >= 0.6 is 0 Å². The third-order valence-corrected chi connectivity index (χ3v) is 6.75. The first kappa shape index (κ1) is 23.8. The molecule has 1 aliphatic rings. The van der Waals surface area contributed by atoms with E-state index in [4.69, 9.17) is 9.47 Å². The molecule has 0 spiro atoms. The first-order chi connectivity index (χ1) is 17.6. The topological polar surface area (TPSA) is 47.6 Å². The van der Waals surface area contributed by atoms with E-state index in [-0.39, 0.29) is 12.1 Å². The second-order valence-electron chi connectivity index (χ2n) is 9.34. The average Bonchev–Trinajstić information content (AvgIpc) is 2.93. The molecule has 0 amide bonds. The van der Waals surface area contributed by atoms with Crippen molar-refractivity contribution in [2.24, 2.45) is 0 Å². The summed E-state index contributed by atoms with van der Waals surface area (Å²) in [6.07, 6.45) is 2.12. The Morgan fingerprint density at radius 1 is 0.917 bits per heavy atom. The number of esters is 1. The Balaban J connectivity index is 1.34. The molecule has 0 fully saturated rings. The SMILES string of the molecule is COC(=O)c1ccc(-c2ccc3c(c2)CC[C@H](CNCc2ccccc2)O3)cc1-c1ccc(C)cc1. The second kappa shape index (κ2) is 10.8. The molecule has 1 heterocycles. The second-order valence-corrected chi connectivity index (χ2v) is 9.34. The standard InChI is InChI=1S/C32H31NO3/c1-22-8-10-24(11-9-22)30-19-26(13-16-29(30)32(34)35-2)25-14-17-31-27(18-25)12-15-28(36-31)21-33-20-23-6-4-3-5-7-23/h3-11,13-14,16-19,28,33H,12,15,20-21H2,1-2H3/t28-/m1/s1.